The lowest BCUT2D eigenvalue weighted by Gasteiger charge is -2.25. The summed E-state index contributed by atoms with van der Waals surface area (Å²) in [7, 11) is 0. The molecule has 3 aromatic carbocycles. The van der Waals surface area contributed by atoms with Crippen molar-refractivity contribution in [3.05, 3.63) is 83.9 Å². The van der Waals surface area contributed by atoms with E-state index >= 15 is 0 Å². The first kappa shape index (κ1) is 26.4. The zero-order valence-corrected chi connectivity index (χ0v) is 21.8. The normalized spacial score (nSPS) is 16.7. The number of benzene rings is 3. The highest BCUT2D eigenvalue weighted by molar-refractivity contribution is 5.75. The molecule has 7 nitrogen and oxygen atoms in total. The molecule has 0 radical (unpaired) electrons. The van der Waals surface area contributed by atoms with Gasteiger partial charge < -0.3 is 28.3 Å². The molecular formula is C31H36N2O5. The molecule has 0 amide bonds. The van der Waals surface area contributed by atoms with Crippen molar-refractivity contribution in [3.63, 3.8) is 0 Å². The standard InChI is InChI=1S/C31H36N2O5/c1-2-4-30-29(3-1)32-31(38-30)27-11-7-25(8-12-27)5-6-26-9-13-28(14-10-26)33-15-17-34-19-21-36-23-24-37-22-20-35-18-16-33/h1-4,7-14H,5-6,15-24H2. The van der Waals surface area contributed by atoms with E-state index in [2.05, 4.69) is 58.4 Å². The first-order valence-corrected chi connectivity index (χ1v) is 13.4. The molecule has 1 aromatic heterocycles. The molecule has 0 bridgehead atoms. The summed E-state index contributed by atoms with van der Waals surface area (Å²) in [5, 5.41) is 0. The Balaban J connectivity index is 1.14. The molecule has 0 saturated carbocycles. The largest absolute Gasteiger partial charge is 0.436 e. The summed E-state index contributed by atoms with van der Waals surface area (Å²) in [6.45, 7) is 6.49. The molecule has 0 N–H and O–H groups in total. The molecule has 0 unspecified atom stereocenters. The van der Waals surface area contributed by atoms with Crippen LogP contribution in [0.4, 0.5) is 5.69 Å². The number of para-hydroxylation sites is 2. The Hall–Kier alpha value is -3.23. The van der Waals surface area contributed by atoms with Gasteiger partial charge >= 0.3 is 0 Å². The molecular weight excluding hydrogens is 480 g/mol. The van der Waals surface area contributed by atoms with Crippen molar-refractivity contribution in [2.45, 2.75) is 12.8 Å². The van der Waals surface area contributed by atoms with Crippen molar-refractivity contribution in [1.29, 1.82) is 0 Å². The van der Waals surface area contributed by atoms with E-state index in [0.717, 1.165) is 42.6 Å². The van der Waals surface area contributed by atoms with Crippen molar-refractivity contribution in [2.75, 3.05) is 70.8 Å². The lowest BCUT2D eigenvalue weighted by atomic mass is 10.0. The topological polar surface area (TPSA) is 66.2 Å². The van der Waals surface area contributed by atoms with Crippen LogP contribution >= 0.6 is 0 Å². The second-order valence-corrected chi connectivity index (χ2v) is 9.29. The number of nitrogens with zero attached hydrogens (tertiary/aromatic N) is 2. The Morgan fingerprint density at radius 2 is 1.11 bits per heavy atom. The zero-order chi connectivity index (χ0) is 25.8. The van der Waals surface area contributed by atoms with Crippen LogP contribution in [0.15, 0.2) is 77.2 Å². The number of rotatable bonds is 5. The summed E-state index contributed by atoms with van der Waals surface area (Å²) in [5.74, 6) is 0.661. The van der Waals surface area contributed by atoms with Crippen LogP contribution in [0.25, 0.3) is 22.6 Å². The molecule has 7 heteroatoms. The number of ether oxygens (including phenoxy) is 4. The molecule has 0 aliphatic carbocycles. The van der Waals surface area contributed by atoms with Gasteiger partial charge in [0, 0.05) is 24.3 Å². The van der Waals surface area contributed by atoms with Crippen LogP contribution in [0, 0.1) is 0 Å². The molecule has 1 aliphatic rings. The van der Waals surface area contributed by atoms with Crippen LogP contribution in [0.5, 0.6) is 0 Å². The van der Waals surface area contributed by atoms with Crippen molar-refractivity contribution in [1.82, 2.24) is 4.98 Å². The summed E-state index contributed by atoms with van der Waals surface area (Å²) >= 11 is 0. The van der Waals surface area contributed by atoms with Gasteiger partial charge in [-0.15, -0.1) is 0 Å². The van der Waals surface area contributed by atoms with E-state index in [1.54, 1.807) is 0 Å². The molecule has 0 spiro atoms. The summed E-state index contributed by atoms with van der Waals surface area (Å²) in [6.07, 6.45) is 1.96. The third-order valence-electron chi connectivity index (χ3n) is 6.63. The zero-order valence-electron chi connectivity index (χ0n) is 21.8. The smallest absolute Gasteiger partial charge is 0.227 e. The minimum atomic E-state index is 0.590. The van der Waals surface area contributed by atoms with Gasteiger partial charge in [0.05, 0.1) is 52.9 Å². The quantitative estimate of drug-likeness (QED) is 0.363. The van der Waals surface area contributed by atoms with Crippen LogP contribution in [0.1, 0.15) is 11.1 Å². The van der Waals surface area contributed by atoms with Gasteiger partial charge in [-0.25, -0.2) is 4.98 Å². The number of hydrogen-bond donors (Lipinski definition) is 0. The second kappa shape index (κ2) is 14.1. The van der Waals surface area contributed by atoms with Crippen molar-refractivity contribution in [2.24, 2.45) is 0 Å². The van der Waals surface area contributed by atoms with Crippen LogP contribution in [0.2, 0.25) is 0 Å². The average Bonchev–Trinajstić information content (AvgIpc) is 3.39. The second-order valence-electron chi connectivity index (χ2n) is 9.29. The minimum absolute atomic E-state index is 0.590. The molecule has 5 rings (SSSR count). The van der Waals surface area contributed by atoms with E-state index < -0.39 is 0 Å². The number of aromatic nitrogens is 1. The van der Waals surface area contributed by atoms with Gasteiger partial charge in [-0.1, -0.05) is 36.4 Å². The Kier molecular flexibility index (Phi) is 9.77. The maximum absolute atomic E-state index is 5.90. The molecule has 4 aromatic rings. The van der Waals surface area contributed by atoms with Gasteiger partial charge in [0.2, 0.25) is 5.89 Å². The van der Waals surface area contributed by atoms with E-state index in [1.165, 1.54) is 16.8 Å². The monoisotopic (exact) mass is 516 g/mol. The van der Waals surface area contributed by atoms with E-state index in [-0.39, 0.29) is 0 Å². The van der Waals surface area contributed by atoms with Crippen LogP contribution in [-0.4, -0.2) is 70.9 Å². The van der Waals surface area contributed by atoms with Gasteiger partial charge in [0.25, 0.3) is 0 Å². The lowest BCUT2D eigenvalue weighted by molar-refractivity contribution is 0.00206. The number of anilines is 1. The van der Waals surface area contributed by atoms with Gasteiger partial charge in [-0.3, -0.25) is 0 Å². The number of aryl methyl sites for hydroxylation is 2. The van der Waals surface area contributed by atoms with E-state index in [1.807, 2.05) is 24.3 Å². The van der Waals surface area contributed by atoms with E-state index in [4.69, 9.17) is 23.4 Å². The minimum Gasteiger partial charge on any atom is -0.436 e. The molecule has 1 fully saturated rings. The molecule has 2 heterocycles. The Morgan fingerprint density at radius 1 is 0.579 bits per heavy atom. The molecule has 38 heavy (non-hydrogen) atoms. The van der Waals surface area contributed by atoms with E-state index in [0.29, 0.717) is 58.7 Å². The maximum atomic E-state index is 5.90. The van der Waals surface area contributed by atoms with Crippen LogP contribution < -0.4 is 4.90 Å². The fraction of sp³-hybridized carbons (Fsp3) is 0.387. The molecule has 1 aliphatic heterocycles. The van der Waals surface area contributed by atoms with Gasteiger partial charge in [-0.2, -0.15) is 0 Å². The summed E-state index contributed by atoms with van der Waals surface area (Å²) in [4.78, 5) is 6.91. The lowest BCUT2D eigenvalue weighted by Crippen LogP contribution is -2.31. The molecule has 1 saturated heterocycles. The molecule has 200 valence electrons. The Morgan fingerprint density at radius 3 is 1.68 bits per heavy atom. The Bertz CT molecular complexity index is 1190. The van der Waals surface area contributed by atoms with E-state index in [9.17, 15) is 0 Å². The highest BCUT2D eigenvalue weighted by Crippen LogP contribution is 2.24. The summed E-state index contributed by atoms with van der Waals surface area (Å²) < 4.78 is 28.5. The number of hydrogen-bond acceptors (Lipinski definition) is 7. The third-order valence-corrected chi connectivity index (χ3v) is 6.63. The summed E-state index contributed by atoms with van der Waals surface area (Å²) in [5.41, 5.74) is 6.48. The fourth-order valence-corrected chi connectivity index (χ4v) is 4.45. The predicted molar refractivity (Wildman–Crippen MR) is 149 cm³/mol. The molecule has 0 atom stereocenters. The van der Waals surface area contributed by atoms with Crippen LogP contribution in [0.3, 0.4) is 0 Å². The summed E-state index contributed by atoms with van der Waals surface area (Å²) in [6, 6.07) is 25.2. The Labute approximate surface area is 224 Å². The average molecular weight is 517 g/mol. The van der Waals surface area contributed by atoms with Gasteiger partial charge in [0.1, 0.15) is 5.52 Å². The van der Waals surface area contributed by atoms with Crippen molar-refractivity contribution < 1.29 is 23.4 Å². The number of oxazole rings is 1. The van der Waals surface area contributed by atoms with Crippen LogP contribution in [-0.2, 0) is 31.8 Å². The SMILES string of the molecule is c1ccc2oc(-c3ccc(CCc4ccc(N5CCOCCOCCOCCOCC5)cc4)cc3)nc2c1. The maximum Gasteiger partial charge on any atom is 0.227 e. The predicted octanol–water partition coefficient (Wildman–Crippen LogP) is 5.17. The van der Waals surface area contributed by atoms with Crippen molar-refractivity contribution in [3.8, 4) is 11.5 Å². The first-order chi connectivity index (χ1) is 18.8. The third kappa shape index (κ3) is 7.65. The fourth-order valence-electron chi connectivity index (χ4n) is 4.45. The highest BCUT2D eigenvalue weighted by Gasteiger charge is 2.09. The van der Waals surface area contributed by atoms with Crippen molar-refractivity contribution >= 4 is 16.8 Å². The highest BCUT2D eigenvalue weighted by atomic mass is 16.6. The van der Waals surface area contributed by atoms with Gasteiger partial charge in [-0.05, 0) is 60.4 Å². The number of fused-ring (bicyclic) bond motifs is 1. The van der Waals surface area contributed by atoms with Gasteiger partial charge in [0.15, 0.2) is 5.58 Å². The first-order valence-electron chi connectivity index (χ1n) is 13.4.